The normalized spacial score (nSPS) is 16.9. The zero-order chi connectivity index (χ0) is 7.84. The van der Waals surface area contributed by atoms with Crippen molar-refractivity contribution in [2.45, 2.75) is 12.8 Å². The van der Waals surface area contributed by atoms with E-state index >= 15 is 0 Å². The largest absolute Gasteiger partial charge is 0.0831 e. The summed E-state index contributed by atoms with van der Waals surface area (Å²) in [4.78, 5) is 0. The molecule has 2 heteroatoms. The molecule has 0 unspecified atom stereocenters. The molecule has 1 aliphatic carbocycles. The Bertz CT molecular complexity index is 279. The van der Waals surface area contributed by atoms with E-state index in [9.17, 15) is 0 Å². The molecule has 11 heavy (non-hydrogen) atoms. The number of halogens is 2. The maximum absolute atomic E-state index is 5.93. The van der Waals surface area contributed by atoms with Crippen LogP contribution in [0.15, 0.2) is 22.7 Å². The van der Waals surface area contributed by atoms with Crippen molar-refractivity contribution in [3.63, 3.8) is 0 Å². The van der Waals surface area contributed by atoms with Gasteiger partial charge in [0.05, 0.1) is 5.02 Å². The van der Waals surface area contributed by atoms with Crippen LogP contribution < -0.4 is 0 Å². The number of hydrogen-bond donors (Lipinski definition) is 0. The molecule has 0 spiro atoms. The minimum Gasteiger partial charge on any atom is -0.0831 e. The SMILES string of the molecule is Clc1cc([C]2CC2)ccc1Br. The van der Waals surface area contributed by atoms with Crippen molar-refractivity contribution in [2.75, 3.05) is 0 Å². The van der Waals surface area contributed by atoms with Gasteiger partial charge < -0.3 is 0 Å². The van der Waals surface area contributed by atoms with Crippen LogP contribution >= 0.6 is 27.5 Å². The van der Waals surface area contributed by atoms with Gasteiger partial charge in [0.15, 0.2) is 0 Å². The van der Waals surface area contributed by atoms with Gasteiger partial charge >= 0.3 is 0 Å². The van der Waals surface area contributed by atoms with Crippen molar-refractivity contribution in [1.29, 1.82) is 0 Å². The highest BCUT2D eigenvalue weighted by atomic mass is 79.9. The maximum Gasteiger partial charge on any atom is 0.0551 e. The van der Waals surface area contributed by atoms with Crippen LogP contribution in [-0.4, -0.2) is 0 Å². The molecule has 0 atom stereocenters. The van der Waals surface area contributed by atoms with Gasteiger partial charge in [-0.3, -0.25) is 0 Å². The van der Waals surface area contributed by atoms with E-state index in [2.05, 4.69) is 22.0 Å². The summed E-state index contributed by atoms with van der Waals surface area (Å²) in [7, 11) is 0. The summed E-state index contributed by atoms with van der Waals surface area (Å²) in [5.74, 6) is 1.53. The van der Waals surface area contributed by atoms with Crippen molar-refractivity contribution in [1.82, 2.24) is 0 Å². The lowest BCUT2D eigenvalue weighted by atomic mass is 10.1. The molecule has 1 saturated carbocycles. The van der Waals surface area contributed by atoms with Crippen molar-refractivity contribution >= 4 is 27.5 Å². The first-order valence-electron chi connectivity index (χ1n) is 3.57. The summed E-state index contributed by atoms with van der Waals surface area (Å²) >= 11 is 9.28. The summed E-state index contributed by atoms with van der Waals surface area (Å²) in [6, 6.07) is 6.13. The number of benzene rings is 1. The maximum atomic E-state index is 5.93. The Labute approximate surface area is 79.7 Å². The third-order valence-electron chi connectivity index (χ3n) is 1.83. The molecule has 1 fully saturated rings. The standard InChI is InChI=1S/C9H7BrCl/c10-8-4-3-7(5-9(8)11)6-1-2-6/h3-5H,1-2H2. The highest BCUT2D eigenvalue weighted by Crippen LogP contribution is 2.40. The molecule has 0 saturated heterocycles. The Morgan fingerprint density at radius 2 is 2.00 bits per heavy atom. The van der Waals surface area contributed by atoms with Crippen LogP contribution in [0.25, 0.3) is 0 Å². The van der Waals surface area contributed by atoms with E-state index in [4.69, 9.17) is 11.6 Å². The van der Waals surface area contributed by atoms with Gasteiger partial charge in [-0.25, -0.2) is 0 Å². The van der Waals surface area contributed by atoms with Gasteiger partial charge in [0.1, 0.15) is 0 Å². The Morgan fingerprint density at radius 3 is 2.55 bits per heavy atom. The van der Waals surface area contributed by atoms with E-state index < -0.39 is 0 Å². The van der Waals surface area contributed by atoms with Crippen molar-refractivity contribution < 1.29 is 0 Å². The molecule has 2 rings (SSSR count). The minimum absolute atomic E-state index is 0.807. The smallest absolute Gasteiger partial charge is 0.0551 e. The molecule has 0 N–H and O–H groups in total. The van der Waals surface area contributed by atoms with Gasteiger partial charge in [0.2, 0.25) is 0 Å². The van der Waals surface area contributed by atoms with Gasteiger partial charge in [-0.2, -0.15) is 0 Å². The molecule has 0 amide bonds. The fraction of sp³-hybridized carbons (Fsp3) is 0.222. The van der Waals surface area contributed by atoms with E-state index in [1.165, 1.54) is 24.3 Å². The second-order valence-electron chi connectivity index (χ2n) is 2.73. The zero-order valence-electron chi connectivity index (χ0n) is 5.90. The fourth-order valence-corrected chi connectivity index (χ4v) is 1.49. The predicted molar refractivity (Wildman–Crippen MR) is 50.7 cm³/mol. The molecule has 0 nitrogen and oxygen atoms in total. The van der Waals surface area contributed by atoms with E-state index in [1.807, 2.05) is 12.1 Å². The van der Waals surface area contributed by atoms with Gasteiger partial charge in [-0.1, -0.05) is 17.7 Å². The summed E-state index contributed by atoms with van der Waals surface area (Å²) < 4.78 is 0.976. The molecular formula is C9H7BrCl. The third kappa shape index (κ3) is 1.60. The van der Waals surface area contributed by atoms with Gasteiger partial charge in [0, 0.05) is 10.4 Å². The molecule has 1 aliphatic rings. The quantitative estimate of drug-likeness (QED) is 0.688. The molecule has 57 valence electrons. The van der Waals surface area contributed by atoms with Crippen LogP contribution in [0.1, 0.15) is 18.4 Å². The molecule has 1 aromatic rings. The summed E-state index contributed by atoms with van der Waals surface area (Å²) in [5.41, 5.74) is 1.30. The van der Waals surface area contributed by atoms with Crippen LogP contribution in [0.2, 0.25) is 5.02 Å². The Kier molecular flexibility index (Phi) is 1.94. The summed E-state index contributed by atoms with van der Waals surface area (Å²) in [5, 5.41) is 0.807. The van der Waals surface area contributed by atoms with Crippen LogP contribution in [0.4, 0.5) is 0 Å². The predicted octanol–water partition coefficient (Wildman–Crippen LogP) is 3.82. The highest BCUT2D eigenvalue weighted by Gasteiger charge is 2.24. The average Bonchev–Trinajstić information content (AvgIpc) is 2.77. The molecular weight excluding hydrogens is 223 g/mol. The van der Waals surface area contributed by atoms with E-state index in [-0.39, 0.29) is 0 Å². The molecule has 1 radical (unpaired) electrons. The molecule has 0 bridgehead atoms. The molecule has 1 aromatic carbocycles. The summed E-state index contributed by atoms with van der Waals surface area (Å²) in [6.07, 6.45) is 2.50. The lowest BCUT2D eigenvalue weighted by Gasteiger charge is -1.99. The molecule has 0 aliphatic heterocycles. The highest BCUT2D eigenvalue weighted by molar-refractivity contribution is 9.10. The lowest BCUT2D eigenvalue weighted by molar-refractivity contribution is 1.40. The second-order valence-corrected chi connectivity index (χ2v) is 3.99. The first-order chi connectivity index (χ1) is 5.27. The topological polar surface area (TPSA) is 0 Å². The van der Waals surface area contributed by atoms with Crippen LogP contribution in [0.5, 0.6) is 0 Å². The Balaban J connectivity index is 2.36. The summed E-state index contributed by atoms with van der Waals surface area (Å²) in [6.45, 7) is 0. The van der Waals surface area contributed by atoms with Crippen LogP contribution in [0.3, 0.4) is 0 Å². The third-order valence-corrected chi connectivity index (χ3v) is 3.06. The fourth-order valence-electron chi connectivity index (χ4n) is 1.07. The molecule has 0 aromatic heterocycles. The molecule has 0 heterocycles. The lowest BCUT2D eigenvalue weighted by Crippen LogP contribution is -1.79. The van der Waals surface area contributed by atoms with Crippen LogP contribution in [0, 0.1) is 5.92 Å². The first-order valence-corrected chi connectivity index (χ1v) is 4.74. The first kappa shape index (κ1) is 7.63. The van der Waals surface area contributed by atoms with Crippen molar-refractivity contribution in [3.05, 3.63) is 39.2 Å². The number of rotatable bonds is 1. The monoisotopic (exact) mass is 229 g/mol. The average molecular weight is 231 g/mol. The van der Waals surface area contributed by atoms with E-state index in [1.54, 1.807) is 0 Å². The minimum atomic E-state index is 0.807. The van der Waals surface area contributed by atoms with Gasteiger partial charge in [-0.15, -0.1) is 0 Å². The van der Waals surface area contributed by atoms with Gasteiger partial charge in [0.25, 0.3) is 0 Å². The Morgan fingerprint density at radius 1 is 1.27 bits per heavy atom. The van der Waals surface area contributed by atoms with Crippen molar-refractivity contribution in [3.8, 4) is 0 Å². The number of hydrogen-bond acceptors (Lipinski definition) is 0. The second kappa shape index (κ2) is 2.80. The van der Waals surface area contributed by atoms with Crippen molar-refractivity contribution in [2.24, 2.45) is 0 Å². The van der Waals surface area contributed by atoms with Gasteiger partial charge in [-0.05, 0) is 46.5 Å². The Hall–Kier alpha value is -0.0100. The zero-order valence-corrected chi connectivity index (χ0v) is 8.24. The van der Waals surface area contributed by atoms with E-state index in [0.717, 1.165) is 9.50 Å². The van der Waals surface area contributed by atoms with E-state index in [0.29, 0.717) is 0 Å². The van der Waals surface area contributed by atoms with Crippen LogP contribution in [-0.2, 0) is 0 Å².